The molecule has 1 heteroatoms. The molecule has 0 aliphatic heterocycles. The van der Waals surface area contributed by atoms with Gasteiger partial charge in [0, 0.05) is 6.04 Å². The third kappa shape index (κ3) is 0.510. The van der Waals surface area contributed by atoms with Crippen molar-refractivity contribution in [1.29, 1.82) is 0 Å². The summed E-state index contributed by atoms with van der Waals surface area (Å²) in [7, 11) is 0. The van der Waals surface area contributed by atoms with E-state index in [4.69, 9.17) is 5.73 Å². The van der Waals surface area contributed by atoms with Gasteiger partial charge in [0.25, 0.3) is 0 Å². The minimum absolute atomic E-state index is 0.562. The van der Waals surface area contributed by atoms with Gasteiger partial charge in [-0.2, -0.15) is 0 Å². The summed E-state index contributed by atoms with van der Waals surface area (Å²) in [5.74, 6) is 2.09. The molecule has 46 valence electrons. The fourth-order valence-corrected chi connectivity index (χ4v) is 2.13. The second-order valence-corrected chi connectivity index (χ2v) is 3.33. The van der Waals surface area contributed by atoms with Crippen molar-refractivity contribution >= 4 is 0 Å². The molecule has 0 aromatic carbocycles. The van der Waals surface area contributed by atoms with E-state index in [0.717, 1.165) is 11.8 Å². The van der Waals surface area contributed by atoms with Crippen LogP contribution in [0.25, 0.3) is 0 Å². The molecule has 0 aromatic rings. The van der Waals surface area contributed by atoms with E-state index in [1.54, 1.807) is 0 Å². The van der Waals surface area contributed by atoms with Gasteiger partial charge in [0.05, 0.1) is 0 Å². The van der Waals surface area contributed by atoms with E-state index in [9.17, 15) is 0 Å². The molecule has 0 heterocycles. The fourth-order valence-electron chi connectivity index (χ4n) is 2.13. The van der Waals surface area contributed by atoms with Gasteiger partial charge in [0.15, 0.2) is 0 Å². The van der Waals surface area contributed by atoms with E-state index in [-0.39, 0.29) is 0 Å². The van der Waals surface area contributed by atoms with Crippen LogP contribution in [0.2, 0.25) is 0 Å². The van der Waals surface area contributed by atoms with Crippen LogP contribution in [0.3, 0.4) is 0 Å². The van der Waals surface area contributed by atoms with Gasteiger partial charge in [-0.3, -0.25) is 0 Å². The molecule has 2 unspecified atom stereocenters. The van der Waals surface area contributed by atoms with Gasteiger partial charge in [-0.1, -0.05) is 0 Å². The largest absolute Gasteiger partial charge is 0.328 e. The smallest absolute Gasteiger partial charge is 0.00443 e. The maximum Gasteiger partial charge on any atom is 0.00443 e. The molecule has 2 fully saturated rings. The molecule has 0 aromatic heterocycles. The monoisotopic (exact) mass is 111 g/mol. The lowest BCUT2D eigenvalue weighted by Crippen LogP contribution is -2.18. The Kier molecular flexibility index (Phi) is 0.884. The molecule has 8 heavy (non-hydrogen) atoms. The molecule has 0 radical (unpaired) electrons. The SMILES string of the molecule is NC1CC2CCC2C1. The first-order chi connectivity index (χ1) is 3.86. The van der Waals surface area contributed by atoms with Crippen LogP contribution in [0.15, 0.2) is 0 Å². The first-order valence-corrected chi connectivity index (χ1v) is 3.62. The van der Waals surface area contributed by atoms with Gasteiger partial charge in [-0.05, 0) is 37.5 Å². The second kappa shape index (κ2) is 1.47. The predicted molar refractivity (Wildman–Crippen MR) is 33.4 cm³/mol. The Bertz CT molecular complexity index is 88.6. The molecule has 1 nitrogen and oxygen atoms in total. The van der Waals surface area contributed by atoms with Gasteiger partial charge in [0.1, 0.15) is 0 Å². The van der Waals surface area contributed by atoms with Crippen molar-refractivity contribution in [2.24, 2.45) is 17.6 Å². The summed E-state index contributed by atoms with van der Waals surface area (Å²) in [5.41, 5.74) is 5.76. The van der Waals surface area contributed by atoms with Gasteiger partial charge < -0.3 is 5.73 Å². The summed E-state index contributed by atoms with van der Waals surface area (Å²) in [6, 6.07) is 0.562. The highest BCUT2D eigenvalue weighted by Crippen LogP contribution is 2.45. The Morgan fingerprint density at radius 1 is 1.00 bits per heavy atom. The summed E-state index contributed by atoms with van der Waals surface area (Å²) in [6.07, 6.45) is 5.59. The van der Waals surface area contributed by atoms with Gasteiger partial charge in [-0.15, -0.1) is 0 Å². The zero-order valence-corrected chi connectivity index (χ0v) is 5.14. The van der Waals surface area contributed by atoms with E-state index in [1.165, 1.54) is 25.7 Å². The van der Waals surface area contributed by atoms with Crippen molar-refractivity contribution in [3.63, 3.8) is 0 Å². The first-order valence-electron chi connectivity index (χ1n) is 3.62. The lowest BCUT2D eigenvalue weighted by molar-refractivity contribution is 0.219. The molecule has 0 amide bonds. The molecular formula is C7H13N. The van der Waals surface area contributed by atoms with E-state index in [0.29, 0.717) is 6.04 Å². The van der Waals surface area contributed by atoms with Crippen molar-refractivity contribution in [3.05, 3.63) is 0 Å². The summed E-state index contributed by atoms with van der Waals surface area (Å²) < 4.78 is 0. The zero-order chi connectivity index (χ0) is 5.56. The third-order valence-electron chi connectivity index (χ3n) is 2.79. The van der Waals surface area contributed by atoms with Crippen LogP contribution in [-0.4, -0.2) is 6.04 Å². The third-order valence-corrected chi connectivity index (χ3v) is 2.79. The van der Waals surface area contributed by atoms with E-state index in [1.807, 2.05) is 0 Å². The van der Waals surface area contributed by atoms with Crippen LogP contribution in [0.4, 0.5) is 0 Å². The maximum absolute atomic E-state index is 5.76. The molecular weight excluding hydrogens is 98.1 g/mol. The Hall–Kier alpha value is -0.0400. The summed E-state index contributed by atoms with van der Waals surface area (Å²) in [5, 5.41) is 0. The van der Waals surface area contributed by atoms with E-state index >= 15 is 0 Å². The van der Waals surface area contributed by atoms with E-state index in [2.05, 4.69) is 0 Å². The minimum atomic E-state index is 0.562. The van der Waals surface area contributed by atoms with Crippen LogP contribution >= 0.6 is 0 Å². The van der Waals surface area contributed by atoms with E-state index < -0.39 is 0 Å². The summed E-state index contributed by atoms with van der Waals surface area (Å²) in [6.45, 7) is 0. The number of fused-ring (bicyclic) bond motifs is 1. The van der Waals surface area contributed by atoms with Crippen molar-refractivity contribution in [1.82, 2.24) is 0 Å². The number of hydrogen-bond acceptors (Lipinski definition) is 1. The van der Waals surface area contributed by atoms with Crippen LogP contribution in [0.1, 0.15) is 25.7 Å². The van der Waals surface area contributed by atoms with Crippen molar-refractivity contribution in [2.45, 2.75) is 31.7 Å². The van der Waals surface area contributed by atoms with Crippen molar-refractivity contribution < 1.29 is 0 Å². The molecule has 2 aliphatic carbocycles. The minimum Gasteiger partial charge on any atom is -0.328 e. The van der Waals surface area contributed by atoms with Crippen molar-refractivity contribution in [2.75, 3.05) is 0 Å². The Morgan fingerprint density at radius 2 is 1.50 bits per heavy atom. The number of rotatable bonds is 0. The molecule has 2 atom stereocenters. The zero-order valence-electron chi connectivity index (χ0n) is 5.14. The fraction of sp³-hybridized carbons (Fsp3) is 1.00. The van der Waals surface area contributed by atoms with Gasteiger partial charge in [-0.25, -0.2) is 0 Å². The normalized spacial score (nSPS) is 52.9. The maximum atomic E-state index is 5.76. The highest BCUT2D eigenvalue weighted by atomic mass is 14.7. The summed E-state index contributed by atoms with van der Waals surface area (Å²) in [4.78, 5) is 0. The molecule has 0 bridgehead atoms. The van der Waals surface area contributed by atoms with Crippen LogP contribution in [-0.2, 0) is 0 Å². The molecule has 0 spiro atoms. The number of nitrogens with two attached hydrogens (primary N) is 1. The summed E-state index contributed by atoms with van der Waals surface area (Å²) >= 11 is 0. The second-order valence-electron chi connectivity index (χ2n) is 3.33. The Labute approximate surface area is 50.3 Å². The number of hydrogen-bond donors (Lipinski definition) is 1. The Morgan fingerprint density at radius 3 is 1.75 bits per heavy atom. The molecule has 2 N–H and O–H groups in total. The standard InChI is InChI=1S/C7H13N/c8-7-3-5-1-2-6(5)4-7/h5-7H,1-4,8H2. The highest BCUT2D eigenvalue weighted by Gasteiger charge is 2.38. The van der Waals surface area contributed by atoms with Gasteiger partial charge >= 0.3 is 0 Å². The van der Waals surface area contributed by atoms with Crippen LogP contribution < -0.4 is 5.73 Å². The van der Waals surface area contributed by atoms with Crippen molar-refractivity contribution in [3.8, 4) is 0 Å². The predicted octanol–water partition coefficient (Wildman–Crippen LogP) is 1.13. The van der Waals surface area contributed by atoms with Gasteiger partial charge in [0.2, 0.25) is 0 Å². The quantitative estimate of drug-likeness (QED) is 0.498. The average molecular weight is 111 g/mol. The lowest BCUT2D eigenvalue weighted by Gasteiger charge is -2.29. The Balaban J connectivity index is 2.00. The molecule has 2 saturated carbocycles. The topological polar surface area (TPSA) is 26.0 Å². The first kappa shape index (κ1) is 4.80. The molecule has 2 aliphatic rings. The van der Waals surface area contributed by atoms with Crippen LogP contribution in [0, 0.1) is 11.8 Å². The average Bonchev–Trinajstić information content (AvgIpc) is 1.91. The molecule has 0 saturated heterocycles. The van der Waals surface area contributed by atoms with Crippen LogP contribution in [0.5, 0.6) is 0 Å². The highest BCUT2D eigenvalue weighted by molar-refractivity contribution is 4.92. The molecule has 2 rings (SSSR count). The lowest BCUT2D eigenvalue weighted by atomic mass is 9.77.